The molecule has 110 valence electrons. The van der Waals surface area contributed by atoms with E-state index < -0.39 is 10.2 Å². The van der Waals surface area contributed by atoms with Crippen molar-refractivity contribution < 1.29 is 8.42 Å². The lowest BCUT2D eigenvalue weighted by molar-refractivity contribution is 0.249. The second kappa shape index (κ2) is 4.70. The first-order valence-corrected chi connectivity index (χ1v) is 8.30. The number of anilines is 1. The van der Waals surface area contributed by atoms with E-state index in [4.69, 9.17) is 10.9 Å². The Balaban J connectivity index is 1.88. The minimum absolute atomic E-state index is 0.0156. The van der Waals surface area contributed by atoms with Crippen LogP contribution in [0.1, 0.15) is 24.0 Å². The second-order valence-corrected chi connectivity index (χ2v) is 7.21. The molecule has 20 heavy (non-hydrogen) atoms. The SMILES string of the molecule is NCc1ccc2c(c1)C1(CCN(S(N)(=O)=O)CC1)CN2. The van der Waals surface area contributed by atoms with Crippen LogP contribution in [0.4, 0.5) is 5.69 Å². The van der Waals surface area contributed by atoms with Gasteiger partial charge < -0.3 is 11.1 Å². The van der Waals surface area contributed by atoms with Crippen molar-refractivity contribution >= 4 is 15.9 Å². The molecule has 7 heteroatoms. The third-order valence-corrected chi connectivity index (χ3v) is 5.63. The van der Waals surface area contributed by atoms with E-state index in [1.807, 2.05) is 6.07 Å². The number of hydrogen-bond donors (Lipinski definition) is 3. The Morgan fingerprint density at radius 2 is 2.00 bits per heavy atom. The van der Waals surface area contributed by atoms with Gasteiger partial charge in [-0.25, -0.2) is 5.14 Å². The van der Waals surface area contributed by atoms with Crippen LogP contribution in [0, 0.1) is 0 Å². The molecule has 0 saturated carbocycles. The van der Waals surface area contributed by atoms with E-state index >= 15 is 0 Å². The standard InChI is InChI=1S/C13H20N4O2S/c14-8-10-1-2-12-11(7-10)13(9-16-12)3-5-17(6-4-13)20(15,18)19/h1-2,7,16H,3-6,8-9,14H2,(H2,15,18,19). The molecule has 1 aromatic rings. The topological polar surface area (TPSA) is 101 Å². The zero-order chi connectivity index (χ0) is 14.4. The van der Waals surface area contributed by atoms with Crippen LogP contribution in [-0.4, -0.2) is 32.4 Å². The first-order chi connectivity index (χ1) is 9.44. The molecule has 0 unspecified atom stereocenters. The molecule has 2 heterocycles. The maximum Gasteiger partial charge on any atom is 0.276 e. The van der Waals surface area contributed by atoms with Crippen molar-refractivity contribution in [2.45, 2.75) is 24.8 Å². The number of benzene rings is 1. The molecule has 1 saturated heterocycles. The number of hydrogen-bond acceptors (Lipinski definition) is 4. The Morgan fingerprint density at radius 3 is 2.60 bits per heavy atom. The van der Waals surface area contributed by atoms with Crippen LogP contribution in [0.5, 0.6) is 0 Å². The maximum atomic E-state index is 11.4. The highest BCUT2D eigenvalue weighted by molar-refractivity contribution is 7.86. The number of nitrogens with zero attached hydrogens (tertiary/aromatic N) is 1. The van der Waals surface area contributed by atoms with Crippen molar-refractivity contribution in [3.63, 3.8) is 0 Å². The summed E-state index contributed by atoms with van der Waals surface area (Å²) in [6, 6.07) is 6.25. The molecule has 1 spiro atoms. The Hall–Kier alpha value is -1.15. The molecule has 0 aromatic heterocycles. The van der Waals surface area contributed by atoms with Gasteiger partial charge in [-0.15, -0.1) is 0 Å². The summed E-state index contributed by atoms with van der Waals surface area (Å²) in [5, 5.41) is 8.63. The monoisotopic (exact) mass is 296 g/mol. The molecule has 1 aromatic carbocycles. The molecule has 5 N–H and O–H groups in total. The van der Waals surface area contributed by atoms with Gasteiger partial charge in [0.2, 0.25) is 0 Å². The van der Waals surface area contributed by atoms with Crippen LogP contribution in [0.25, 0.3) is 0 Å². The largest absolute Gasteiger partial charge is 0.384 e. The van der Waals surface area contributed by atoms with Crippen molar-refractivity contribution in [2.75, 3.05) is 25.0 Å². The highest BCUT2D eigenvalue weighted by Gasteiger charge is 2.42. The lowest BCUT2D eigenvalue weighted by atomic mass is 9.74. The molecular formula is C13H20N4O2S. The van der Waals surface area contributed by atoms with Crippen LogP contribution in [0.3, 0.4) is 0 Å². The lowest BCUT2D eigenvalue weighted by Gasteiger charge is -2.38. The smallest absolute Gasteiger partial charge is 0.276 e. The Labute approximate surface area is 119 Å². The van der Waals surface area contributed by atoms with E-state index in [-0.39, 0.29) is 5.41 Å². The molecule has 1 fully saturated rings. The Bertz CT molecular complexity index is 621. The van der Waals surface area contributed by atoms with Gasteiger partial charge in [0, 0.05) is 37.3 Å². The summed E-state index contributed by atoms with van der Waals surface area (Å²) < 4.78 is 24.2. The number of fused-ring (bicyclic) bond motifs is 2. The highest BCUT2D eigenvalue weighted by atomic mass is 32.2. The van der Waals surface area contributed by atoms with Gasteiger partial charge in [0.25, 0.3) is 10.2 Å². The van der Waals surface area contributed by atoms with Crippen molar-refractivity contribution in [1.82, 2.24) is 4.31 Å². The minimum atomic E-state index is -3.57. The van der Waals surface area contributed by atoms with Crippen molar-refractivity contribution in [3.8, 4) is 0 Å². The van der Waals surface area contributed by atoms with Crippen molar-refractivity contribution in [3.05, 3.63) is 29.3 Å². The van der Waals surface area contributed by atoms with Crippen LogP contribution in [-0.2, 0) is 22.2 Å². The third kappa shape index (κ3) is 2.20. The van der Waals surface area contributed by atoms with Gasteiger partial charge in [-0.2, -0.15) is 12.7 Å². The van der Waals surface area contributed by atoms with Gasteiger partial charge in [0.05, 0.1) is 0 Å². The summed E-state index contributed by atoms with van der Waals surface area (Å²) in [6.07, 6.45) is 1.58. The summed E-state index contributed by atoms with van der Waals surface area (Å²) in [6.45, 7) is 2.33. The third-order valence-electron chi connectivity index (χ3n) is 4.55. The van der Waals surface area contributed by atoms with Crippen molar-refractivity contribution in [2.24, 2.45) is 10.9 Å². The molecule has 2 aliphatic heterocycles. The molecule has 2 aliphatic rings. The van der Waals surface area contributed by atoms with Gasteiger partial charge in [-0.1, -0.05) is 12.1 Å². The number of nitrogens with one attached hydrogen (secondary N) is 1. The van der Waals surface area contributed by atoms with Gasteiger partial charge >= 0.3 is 0 Å². The van der Waals surface area contributed by atoms with Crippen LogP contribution < -0.4 is 16.2 Å². The van der Waals surface area contributed by atoms with E-state index in [9.17, 15) is 8.42 Å². The molecule has 6 nitrogen and oxygen atoms in total. The Kier molecular flexibility index (Phi) is 3.24. The average Bonchev–Trinajstić information content (AvgIpc) is 2.77. The molecule has 0 atom stereocenters. The molecular weight excluding hydrogens is 276 g/mol. The van der Waals surface area contributed by atoms with Crippen LogP contribution >= 0.6 is 0 Å². The predicted octanol–water partition coefficient (Wildman–Crippen LogP) is 0.108. The van der Waals surface area contributed by atoms with Gasteiger partial charge in [-0.05, 0) is 30.0 Å². The van der Waals surface area contributed by atoms with E-state index in [0.29, 0.717) is 19.6 Å². The highest BCUT2D eigenvalue weighted by Crippen LogP contribution is 2.44. The van der Waals surface area contributed by atoms with Crippen LogP contribution in [0.2, 0.25) is 0 Å². The predicted molar refractivity (Wildman–Crippen MR) is 78.4 cm³/mol. The maximum absolute atomic E-state index is 11.4. The molecule has 0 aliphatic carbocycles. The minimum Gasteiger partial charge on any atom is -0.384 e. The van der Waals surface area contributed by atoms with Crippen molar-refractivity contribution in [1.29, 1.82) is 0 Å². The molecule has 0 amide bonds. The molecule has 3 rings (SSSR count). The van der Waals surface area contributed by atoms with E-state index in [1.54, 1.807) is 0 Å². The lowest BCUT2D eigenvalue weighted by Crippen LogP contribution is -2.48. The van der Waals surface area contributed by atoms with E-state index in [1.165, 1.54) is 9.87 Å². The summed E-state index contributed by atoms with van der Waals surface area (Å²) in [5.41, 5.74) is 9.26. The molecule has 0 bridgehead atoms. The number of nitrogens with two attached hydrogens (primary N) is 2. The summed E-state index contributed by atoms with van der Waals surface area (Å²) >= 11 is 0. The van der Waals surface area contributed by atoms with Gasteiger partial charge in [-0.3, -0.25) is 0 Å². The number of rotatable bonds is 2. The summed E-state index contributed by atoms with van der Waals surface area (Å²) in [4.78, 5) is 0. The van der Waals surface area contributed by atoms with E-state index in [2.05, 4.69) is 17.4 Å². The van der Waals surface area contributed by atoms with Crippen LogP contribution in [0.15, 0.2) is 18.2 Å². The fourth-order valence-corrected chi connectivity index (χ4v) is 3.98. The fraction of sp³-hybridized carbons (Fsp3) is 0.538. The van der Waals surface area contributed by atoms with Gasteiger partial charge in [0.15, 0.2) is 0 Å². The second-order valence-electron chi connectivity index (χ2n) is 5.66. The quantitative estimate of drug-likeness (QED) is 0.721. The first kappa shape index (κ1) is 13.8. The zero-order valence-electron chi connectivity index (χ0n) is 11.3. The number of piperidine rings is 1. The fourth-order valence-electron chi connectivity index (χ4n) is 3.29. The average molecular weight is 296 g/mol. The molecule has 0 radical (unpaired) electrons. The summed E-state index contributed by atoms with van der Waals surface area (Å²) in [5.74, 6) is 0. The van der Waals surface area contributed by atoms with E-state index in [0.717, 1.165) is 30.6 Å². The summed E-state index contributed by atoms with van der Waals surface area (Å²) in [7, 11) is -3.57. The van der Waals surface area contributed by atoms with Gasteiger partial charge in [0.1, 0.15) is 0 Å². The zero-order valence-corrected chi connectivity index (χ0v) is 12.1. The normalized spacial score (nSPS) is 21.7. The Morgan fingerprint density at radius 1 is 1.30 bits per heavy atom. The first-order valence-electron chi connectivity index (χ1n) is 6.80.